The Morgan fingerprint density at radius 3 is 2.71 bits per heavy atom. The Morgan fingerprint density at radius 1 is 1.25 bits per heavy atom. The second-order valence-corrected chi connectivity index (χ2v) is 7.08. The number of benzene rings is 1. The summed E-state index contributed by atoms with van der Waals surface area (Å²) in [7, 11) is 0. The smallest absolute Gasteiger partial charge is 0.322 e. The second kappa shape index (κ2) is 7.41. The number of H-pyrrole nitrogens is 1. The first kappa shape index (κ1) is 18.1. The number of amides is 4. The Morgan fingerprint density at radius 2 is 2.04 bits per heavy atom. The molecule has 1 atom stereocenters. The summed E-state index contributed by atoms with van der Waals surface area (Å²) in [5, 5.41) is 11.7. The number of nitrogens with one attached hydrogen (secondary N) is 3. The molecule has 1 aromatic carbocycles. The number of aromatic nitrogens is 2. The number of carbonyl (C=O) groups is 3. The Bertz CT molecular complexity index is 920. The van der Waals surface area contributed by atoms with Crippen molar-refractivity contribution in [3.63, 3.8) is 0 Å². The van der Waals surface area contributed by atoms with Crippen molar-refractivity contribution in [1.82, 2.24) is 25.7 Å². The lowest BCUT2D eigenvalue weighted by Gasteiger charge is -2.32. The molecule has 1 aromatic heterocycles. The minimum Gasteiger partial charge on any atom is -0.343 e. The fourth-order valence-electron chi connectivity index (χ4n) is 3.82. The second-order valence-electron chi connectivity index (χ2n) is 7.08. The van der Waals surface area contributed by atoms with Gasteiger partial charge in [0.2, 0.25) is 5.91 Å². The van der Waals surface area contributed by atoms with Crippen LogP contribution in [0, 0.1) is 5.82 Å². The highest BCUT2D eigenvalue weighted by atomic mass is 19.1. The van der Waals surface area contributed by atoms with Crippen LogP contribution in [-0.4, -0.2) is 52.1 Å². The van der Waals surface area contributed by atoms with E-state index in [1.54, 1.807) is 17.2 Å². The van der Waals surface area contributed by atoms with E-state index in [4.69, 9.17) is 0 Å². The van der Waals surface area contributed by atoms with Crippen LogP contribution in [0.15, 0.2) is 30.5 Å². The van der Waals surface area contributed by atoms with Crippen LogP contribution >= 0.6 is 0 Å². The molecule has 0 saturated carbocycles. The molecule has 2 aromatic rings. The number of likely N-dealkylation sites (tertiary alicyclic amines) is 1. The van der Waals surface area contributed by atoms with E-state index in [2.05, 4.69) is 20.8 Å². The monoisotopic (exact) mass is 385 g/mol. The van der Waals surface area contributed by atoms with E-state index in [0.717, 1.165) is 29.7 Å². The number of urea groups is 1. The van der Waals surface area contributed by atoms with Crippen molar-refractivity contribution in [3.05, 3.63) is 42.0 Å². The highest BCUT2D eigenvalue weighted by molar-refractivity contribution is 6.05. The van der Waals surface area contributed by atoms with E-state index in [0.29, 0.717) is 13.1 Å². The van der Waals surface area contributed by atoms with Gasteiger partial charge in [-0.3, -0.25) is 20.0 Å². The lowest BCUT2D eigenvalue weighted by atomic mass is 9.89. The molecule has 28 heavy (non-hydrogen) atoms. The Labute approximate surface area is 160 Å². The Hall–Kier alpha value is -3.23. The molecule has 2 fully saturated rings. The molecule has 0 aliphatic carbocycles. The Kier molecular flexibility index (Phi) is 4.81. The standard InChI is InChI=1S/C19H20FN5O3/c20-13-3-1-2-12(8-13)14-10-21-24-17(14)11-4-6-25(7-5-11)16(26)9-15-18(27)23-19(28)22-15/h1-3,8,10-11,15H,4-7,9H2,(H,21,24)(H2,22,23,27,28)/t15-/m1/s1. The maximum atomic E-state index is 13.6. The van der Waals surface area contributed by atoms with Gasteiger partial charge in [-0.25, -0.2) is 9.18 Å². The summed E-state index contributed by atoms with van der Waals surface area (Å²) < 4.78 is 13.6. The zero-order valence-electron chi connectivity index (χ0n) is 15.1. The number of imide groups is 1. The van der Waals surface area contributed by atoms with Gasteiger partial charge in [-0.2, -0.15) is 5.10 Å². The molecule has 3 heterocycles. The van der Waals surface area contributed by atoms with Crippen LogP contribution < -0.4 is 10.6 Å². The average Bonchev–Trinajstić information content (AvgIpc) is 3.28. The number of piperidine rings is 1. The predicted octanol–water partition coefficient (Wildman–Crippen LogP) is 1.52. The quantitative estimate of drug-likeness (QED) is 0.694. The number of nitrogens with zero attached hydrogens (tertiary/aromatic N) is 2. The molecule has 2 aliphatic heterocycles. The molecule has 0 spiro atoms. The van der Waals surface area contributed by atoms with E-state index in [1.807, 2.05) is 6.07 Å². The van der Waals surface area contributed by atoms with Crippen LogP contribution in [0.3, 0.4) is 0 Å². The Balaban J connectivity index is 1.39. The van der Waals surface area contributed by atoms with Crippen molar-refractivity contribution >= 4 is 17.8 Å². The number of hydrogen-bond donors (Lipinski definition) is 3. The van der Waals surface area contributed by atoms with Crippen LogP contribution in [-0.2, 0) is 9.59 Å². The average molecular weight is 385 g/mol. The fraction of sp³-hybridized carbons (Fsp3) is 0.368. The first-order valence-corrected chi connectivity index (χ1v) is 9.19. The van der Waals surface area contributed by atoms with E-state index in [9.17, 15) is 18.8 Å². The maximum absolute atomic E-state index is 13.6. The van der Waals surface area contributed by atoms with E-state index in [1.165, 1.54) is 12.1 Å². The molecule has 2 saturated heterocycles. The van der Waals surface area contributed by atoms with Gasteiger partial charge in [0.25, 0.3) is 5.91 Å². The summed E-state index contributed by atoms with van der Waals surface area (Å²) in [6, 6.07) is 5.03. The summed E-state index contributed by atoms with van der Waals surface area (Å²) in [6.45, 7) is 1.10. The maximum Gasteiger partial charge on any atom is 0.322 e. The van der Waals surface area contributed by atoms with Crippen molar-refractivity contribution in [2.24, 2.45) is 0 Å². The zero-order valence-corrected chi connectivity index (χ0v) is 15.1. The van der Waals surface area contributed by atoms with Crippen molar-refractivity contribution < 1.29 is 18.8 Å². The number of rotatable bonds is 4. The third kappa shape index (κ3) is 3.60. The lowest BCUT2D eigenvalue weighted by molar-refractivity contribution is -0.134. The zero-order chi connectivity index (χ0) is 19.7. The van der Waals surface area contributed by atoms with E-state index in [-0.39, 0.29) is 24.1 Å². The fourth-order valence-corrected chi connectivity index (χ4v) is 3.82. The minimum absolute atomic E-state index is 0.0408. The summed E-state index contributed by atoms with van der Waals surface area (Å²) in [6.07, 6.45) is 3.13. The van der Waals surface area contributed by atoms with Gasteiger partial charge >= 0.3 is 6.03 Å². The van der Waals surface area contributed by atoms with Crippen LogP contribution in [0.5, 0.6) is 0 Å². The third-order valence-electron chi connectivity index (χ3n) is 5.30. The molecule has 4 amide bonds. The van der Waals surface area contributed by atoms with Gasteiger partial charge in [-0.15, -0.1) is 0 Å². The molecule has 3 N–H and O–H groups in total. The van der Waals surface area contributed by atoms with Crippen molar-refractivity contribution in [3.8, 4) is 11.1 Å². The molecule has 9 heteroatoms. The molecule has 0 unspecified atom stereocenters. The van der Waals surface area contributed by atoms with Gasteiger partial charge in [0.1, 0.15) is 11.9 Å². The predicted molar refractivity (Wildman–Crippen MR) is 97.6 cm³/mol. The third-order valence-corrected chi connectivity index (χ3v) is 5.30. The molecule has 0 bridgehead atoms. The van der Waals surface area contributed by atoms with E-state index >= 15 is 0 Å². The van der Waals surface area contributed by atoms with Gasteiger partial charge in [-0.1, -0.05) is 12.1 Å². The number of halogens is 1. The molecule has 8 nitrogen and oxygen atoms in total. The summed E-state index contributed by atoms with van der Waals surface area (Å²) >= 11 is 0. The normalized spacial score (nSPS) is 20.2. The number of hydrogen-bond acceptors (Lipinski definition) is 4. The largest absolute Gasteiger partial charge is 0.343 e. The topological polar surface area (TPSA) is 107 Å². The molecular weight excluding hydrogens is 365 g/mol. The van der Waals surface area contributed by atoms with E-state index < -0.39 is 18.0 Å². The molecule has 0 radical (unpaired) electrons. The summed E-state index contributed by atoms with van der Waals surface area (Å²) in [5.74, 6) is -0.742. The lowest BCUT2D eigenvalue weighted by Crippen LogP contribution is -2.42. The van der Waals surface area contributed by atoms with Crippen molar-refractivity contribution in [1.29, 1.82) is 0 Å². The van der Waals surface area contributed by atoms with Gasteiger partial charge in [0.15, 0.2) is 0 Å². The summed E-state index contributed by atoms with van der Waals surface area (Å²) in [4.78, 5) is 36.9. The van der Waals surface area contributed by atoms with Crippen LogP contribution in [0.4, 0.5) is 9.18 Å². The number of aromatic amines is 1. The number of carbonyl (C=O) groups excluding carboxylic acids is 3. The van der Waals surface area contributed by atoms with Gasteiger partial charge in [0.05, 0.1) is 12.6 Å². The highest BCUT2D eigenvalue weighted by Crippen LogP contribution is 2.34. The van der Waals surface area contributed by atoms with Crippen molar-refractivity contribution in [2.75, 3.05) is 13.1 Å². The first-order chi connectivity index (χ1) is 13.5. The molecular formula is C19H20FN5O3. The van der Waals surface area contributed by atoms with Crippen molar-refractivity contribution in [2.45, 2.75) is 31.2 Å². The SMILES string of the molecule is O=C1NC(=O)[C@@H](CC(=O)N2CCC(c3[nH]ncc3-c3cccc(F)c3)CC2)N1. The minimum atomic E-state index is -0.801. The highest BCUT2D eigenvalue weighted by Gasteiger charge is 2.34. The van der Waals surface area contributed by atoms with Gasteiger partial charge in [-0.05, 0) is 30.5 Å². The molecule has 4 rings (SSSR count). The van der Waals surface area contributed by atoms with Crippen LogP contribution in [0.1, 0.15) is 30.9 Å². The molecule has 2 aliphatic rings. The van der Waals surface area contributed by atoms with Crippen LogP contribution in [0.25, 0.3) is 11.1 Å². The molecule has 146 valence electrons. The first-order valence-electron chi connectivity index (χ1n) is 9.19. The van der Waals surface area contributed by atoms with Gasteiger partial charge in [0, 0.05) is 30.3 Å². The van der Waals surface area contributed by atoms with Gasteiger partial charge < -0.3 is 10.2 Å². The van der Waals surface area contributed by atoms with Crippen LogP contribution in [0.2, 0.25) is 0 Å². The summed E-state index contributed by atoms with van der Waals surface area (Å²) in [5.41, 5.74) is 2.58.